The topological polar surface area (TPSA) is 69.7 Å². The van der Waals surface area contributed by atoms with Crippen molar-refractivity contribution in [3.8, 4) is 0 Å². The summed E-state index contributed by atoms with van der Waals surface area (Å²) >= 11 is 6.14. The number of rotatable bonds is 10. The van der Waals surface area contributed by atoms with Crippen LogP contribution in [0, 0.1) is 0 Å². The predicted octanol–water partition coefficient (Wildman–Crippen LogP) is 5.18. The first-order chi connectivity index (χ1) is 16.9. The Balaban J connectivity index is 1.45. The normalized spacial score (nSPS) is 13.2. The summed E-state index contributed by atoms with van der Waals surface area (Å²) in [7, 11) is 0. The third kappa shape index (κ3) is 5.33. The molecule has 0 aromatic heterocycles. The number of amides is 3. The number of anilines is 1. The number of nitrogens with zero attached hydrogens (tertiary/aromatic N) is 2. The Morgan fingerprint density at radius 1 is 1.09 bits per heavy atom. The van der Waals surface area contributed by atoms with Crippen LogP contribution in [0.4, 0.5) is 5.69 Å². The van der Waals surface area contributed by atoms with Crippen LogP contribution in [0.25, 0.3) is 10.8 Å². The summed E-state index contributed by atoms with van der Waals surface area (Å²) in [5.41, 5.74) is 2.45. The van der Waals surface area contributed by atoms with Crippen LogP contribution in [0.5, 0.6) is 0 Å². The van der Waals surface area contributed by atoms with Gasteiger partial charge in [0.15, 0.2) is 0 Å². The molecular formula is C28H30ClN3O3. The van der Waals surface area contributed by atoms with Crippen LogP contribution in [0.1, 0.15) is 49.0 Å². The smallest absolute Gasteiger partial charge is 0.258 e. The fourth-order valence-corrected chi connectivity index (χ4v) is 4.76. The van der Waals surface area contributed by atoms with E-state index in [1.165, 1.54) is 0 Å². The lowest BCUT2D eigenvalue weighted by Crippen LogP contribution is -2.47. The van der Waals surface area contributed by atoms with Gasteiger partial charge in [-0.05, 0) is 55.0 Å². The first-order valence-electron chi connectivity index (χ1n) is 12.1. The Morgan fingerprint density at radius 2 is 1.83 bits per heavy atom. The van der Waals surface area contributed by atoms with Crippen LogP contribution in [0.3, 0.4) is 0 Å². The molecule has 3 aromatic rings. The van der Waals surface area contributed by atoms with Gasteiger partial charge in [0, 0.05) is 42.0 Å². The minimum absolute atomic E-state index is 0.0349. The quantitative estimate of drug-likeness (QED) is 0.425. The van der Waals surface area contributed by atoms with Crippen molar-refractivity contribution in [2.24, 2.45) is 0 Å². The predicted molar refractivity (Wildman–Crippen MR) is 140 cm³/mol. The van der Waals surface area contributed by atoms with Crippen LogP contribution in [0.2, 0.25) is 5.02 Å². The largest absolute Gasteiger partial charge is 0.354 e. The van der Waals surface area contributed by atoms with Crippen LogP contribution < -0.4 is 10.2 Å². The SMILES string of the molecule is CCCNC(=O)C(C)N(Cc1cccc(Cl)c1)C(=O)CCCN1C(=O)c2cccc3cccc1c23. The molecule has 3 aromatic carbocycles. The Hall–Kier alpha value is -3.38. The van der Waals surface area contributed by atoms with Crippen LogP contribution in [0.15, 0.2) is 60.7 Å². The Kier molecular flexibility index (Phi) is 7.71. The lowest BCUT2D eigenvalue weighted by molar-refractivity contribution is -0.140. The summed E-state index contributed by atoms with van der Waals surface area (Å²) in [6.07, 6.45) is 1.53. The molecule has 0 bridgehead atoms. The molecule has 1 aliphatic rings. The standard InChI is InChI=1S/C28H30ClN3O3/c1-3-15-30-27(34)19(2)32(18-20-8-4-11-22(29)17-20)25(33)14-7-16-31-24-13-6-10-21-9-5-12-23(26(21)24)28(31)35/h4-6,8-13,17,19H,3,7,14-16,18H2,1-2H3,(H,30,34). The molecule has 35 heavy (non-hydrogen) atoms. The molecule has 0 spiro atoms. The van der Waals surface area contributed by atoms with E-state index >= 15 is 0 Å². The minimum Gasteiger partial charge on any atom is -0.354 e. The number of hydrogen-bond acceptors (Lipinski definition) is 3. The van der Waals surface area contributed by atoms with Gasteiger partial charge in [0.25, 0.3) is 5.91 Å². The molecule has 0 radical (unpaired) electrons. The molecule has 6 nitrogen and oxygen atoms in total. The lowest BCUT2D eigenvalue weighted by Gasteiger charge is -2.29. The number of benzene rings is 3. The summed E-state index contributed by atoms with van der Waals surface area (Å²) in [5, 5.41) is 5.47. The molecule has 1 atom stereocenters. The lowest BCUT2D eigenvalue weighted by atomic mass is 10.1. The fraction of sp³-hybridized carbons (Fsp3) is 0.321. The van der Waals surface area contributed by atoms with E-state index < -0.39 is 6.04 Å². The Bertz CT molecular complexity index is 1250. The van der Waals surface area contributed by atoms with E-state index in [0.717, 1.165) is 28.4 Å². The third-order valence-corrected chi connectivity index (χ3v) is 6.61. The van der Waals surface area contributed by atoms with Gasteiger partial charge in [-0.25, -0.2) is 0 Å². The van der Waals surface area contributed by atoms with Gasteiger partial charge >= 0.3 is 0 Å². The second kappa shape index (κ2) is 10.9. The third-order valence-electron chi connectivity index (χ3n) is 6.38. The van der Waals surface area contributed by atoms with Gasteiger partial charge in [-0.2, -0.15) is 0 Å². The van der Waals surface area contributed by atoms with E-state index in [2.05, 4.69) is 5.32 Å². The molecule has 0 fully saturated rings. The molecule has 3 amide bonds. The molecule has 182 valence electrons. The van der Waals surface area contributed by atoms with E-state index in [1.54, 1.807) is 28.9 Å². The summed E-state index contributed by atoms with van der Waals surface area (Å²) in [5.74, 6) is -0.349. The molecule has 4 rings (SSSR count). The average molecular weight is 492 g/mol. The van der Waals surface area contributed by atoms with Gasteiger partial charge in [-0.3, -0.25) is 14.4 Å². The molecular weight excluding hydrogens is 462 g/mol. The summed E-state index contributed by atoms with van der Waals surface area (Å²) in [4.78, 5) is 42.4. The van der Waals surface area contributed by atoms with Gasteiger partial charge < -0.3 is 15.1 Å². The van der Waals surface area contributed by atoms with Crippen molar-refractivity contribution in [1.29, 1.82) is 0 Å². The molecule has 1 N–H and O–H groups in total. The first-order valence-corrected chi connectivity index (χ1v) is 12.4. The zero-order valence-electron chi connectivity index (χ0n) is 20.1. The number of halogens is 1. The highest BCUT2D eigenvalue weighted by molar-refractivity contribution is 6.30. The summed E-state index contributed by atoms with van der Waals surface area (Å²) in [6, 6.07) is 18.3. The second-order valence-corrected chi connectivity index (χ2v) is 9.30. The molecule has 0 saturated carbocycles. The zero-order valence-corrected chi connectivity index (χ0v) is 20.8. The van der Waals surface area contributed by atoms with Gasteiger partial charge in [-0.1, -0.05) is 54.9 Å². The van der Waals surface area contributed by atoms with Crippen molar-refractivity contribution >= 4 is 45.8 Å². The van der Waals surface area contributed by atoms with E-state index in [1.807, 2.05) is 55.5 Å². The van der Waals surface area contributed by atoms with Crippen molar-refractivity contribution in [3.63, 3.8) is 0 Å². The minimum atomic E-state index is -0.626. The van der Waals surface area contributed by atoms with Gasteiger partial charge in [0.2, 0.25) is 11.8 Å². The zero-order chi connectivity index (χ0) is 24.9. The van der Waals surface area contributed by atoms with Crippen LogP contribution in [-0.2, 0) is 16.1 Å². The van der Waals surface area contributed by atoms with E-state index in [0.29, 0.717) is 30.1 Å². The molecule has 7 heteroatoms. The van der Waals surface area contributed by atoms with Crippen molar-refractivity contribution in [2.75, 3.05) is 18.0 Å². The number of hydrogen-bond donors (Lipinski definition) is 1. The Labute approximate surface area is 210 Å². The van der Waals surface area contributed by atoms with Gasteiger partial charge in [-0.15, -0.1) is 0 Å². The van der Waals surface area contributed by atoms with Crippen molar-refractivity contribution in [1.82, 2.24) is 10.2 Å². The van der Waals surface area contributed by atoms with Gasteiger partial charge in [0.05, 0.1) is 5.69 Å². The number of carbonyl (C=O) groups is 3. The Morgan fingerprint density at radius 3 is 2.57 bits per heavy atom. The molecule has 0 aliphatic carbocycles. The maximum Gasteiger partial charge on any atom is 0.258 e. The second-order valence-electron chi connectivity index (χ2n) is 8.86. The average Bonchev–Trinajstić information content (AvgIpc) is 3.13. The number of carbonyl (C=O) groups excluding carboxylic acids is 3. The van der Waals surface area contributed by atoms with Gasteiger partial charge in [0.1, 0.15) is 6.04 Å². The summed E-state index contributed by atoms with van der Waals surface area (Å²) < 4.78 is 0. The maximum absolute atomic E-state index is 13.3. The first kappa shape index (κ1) is 24.7. The molecule has 1 heterocycles. The molecule has 1 unspecified atom stereocenters. The number of nitrogens with one attached hydrogen (secondary N) is 1. The van der Waals surface area contributed by atoms with Crippen molar-refractivity contribution in [3.05, 3.63) is 76.8 Å². The summed E-state index contributed by atoms with van der Waals surface area (Å²) in [6.45, 7) is 5.01. The van der Waals surface area contributed by atoms with E-state index in [4.69, 9.17) is 11.6 Å². The van der Waals surface area contributed by atoms with Crippen molar-refractivity contribution in [2.45, 2.75) is 45.7 Å². The van der Waals surface area contributed by atoms with Crippen LogP contribution >= 0.6 is 11.6 Å². The maximum atomic E-state index is 13.3. The monoisotopic (exact) mass is 491 g/mol. The van der Waals surface area contributed by atoms with E-state index in [9.17, 15) is 14.4 Å². The highest BCUT2D eigenvalue weighted by atomic mass is 35.5. The van der Waals surface area contributed by atoms with E-state index in [-0.39, 0.29) is 30.7 Å². The van der Waals surface area contributed by atoms with Crippen molar-refractivity contribution < 1.29 is 14.4 Å². The van der Waals surface area contributed by atoms with Crippen LogP contribution in [-0.4, -0.2) is 41.8 Å². The highest BCUT2D eigenvalue weighted by Crippen LogP contribution is 2.37. The molecule has 0 saturated heterocycles. The molecule has 1 aliphatic heterocycles. The fourth-order valence-electron chi connectivity index (χ4n) is 4.54. The highest BCUT2D eigenvalue weighted by Gasteiger charge is 2.30.